The monoisotopic (exact) mass is 298 g/mol. The van der Waals surface area contributed by atoms with E-state index >= 15 is 0 Å². The Labute approximate surface area is 129 Å². The molecule has 0 fully saturated rings. The second-order valence-corrected chi connectivity index (χ2v) is 5.01. The molecule has 2 aromatic carbocycles. The number of ether oxygens (including phenoxy) is 2. The van der Waals surface area contributed by atoms with Crippen LogP contribution in [0.15, 0.2) is 48.5 Å². The summed E-state index contributed by atoms with van der Waals surface area (Å²) in [7, 11) is 1.33. The van der Waals surface area contributed by atoms with Crippen LogP contribution in [0.1, 0.15) is 33.2 Å². The van der Waals surface area contributed by atoms with Crippen molar-refractivity contribution in [1.82, 2.24) is 0 Å². The van der Waals surface area contributed by atoms with Gasteiger partial charge in [-0.1, -0.05) is 29.8 Å². The lowest BCUT2D eigenvalue weighted by molar-refractivity contribution is 0.0600. The van der Waals surface area contributed by atoms with Crippen LogP contribution in [0, 0.1) is 6.92 Å². The predicted molar refractivity (Wildman–Crippen MR) is 83.4 cm³/mol. The molecule has 0 amide bonds. The van der Waals surface area contributed by atoms with Gasteiger partial charge in [-0.3, -0.25) is 4.79 Å². The molecule has 0 bridgehead atoms. The van der Waals surface area contributed by atoms with Gasteiger partial charge in [-0.2, -0.15) is 0 Å². The summed E-state index contributed by atoms with van der Waals surface area (Å²) >= 11 is 0. The molecule has 0 aliphatic carbocycles. The summed E-state index contributed by atoms with van der Waals surface area (Å²) in [6.45, 7) is 3.67. The highest BCUT2D eigenvalue weighted by Gasteiger charge is 2.17. The first-order chi connectivity index (χ1) is 10.5. The second-order valence-electron chi connectivity index (χ2n) is 5.01. The molecule has 0 saturated carbocycles. The van der Waals surface area contributed by atoms with Crippen LogP contribution in [-0.2, 0) is 4.74 Å². The van der Waals surface area contributed by atoms with E-state index in [0.717, 1.165) is 5.56 Å². The number of hydrogen-bond donors (Lipinski definition) is 0. The molecule has 0 N–H and O–H groups in total. The SMILES string of the molecule is COC(=O)c1ccc(O[C@H](C)C(=O)c2ccc(C)cc2)cc1. The minimum atomic E-state index is -0.605. The van der Waals surface area contributed by atoms with Crippen molar-refractivity contribution in [2.24, 2.45) is 0 Å². The Kier molecular flexibility index (Phi) is 4.94. The zero-order chi connectivity index (χ0) is 16.1. The molecule has 2 rings (SSSR count). The van der Waals surface area contributed by atoms with Crippen LogP contribution in [0.5, 0.6) is 5.75 Å². The maximum atomic E-state index is 12.3. The van der Waals surface area contributed by atoms with Crippen LogP contribution in [0.3, 0.4) is 0 Å². The molecule has 0 aliphatic rings. The third kappa shape index (κ3) is 3.73. The van der Waals surface area contributed by atoms with Gasteiger partial charge in [0.1, 0.15) is 5.75 Å². The fourth-order valence-electron chi connectivity index (χ4n) is 2.00. The number of benzene rings is 2. The number of carbonyl (C=O) groups excluding carboxylic acids is 2. The molecular formula is C18H18O4. The van der Waals surface area contributed by atoms with Gasteiger partial charge in [0.25, 0.3) is 0 Å². The summed E-state index contributed by atoms with van der Waals surface area (Å²) in [6, 6.07) is 13.9. The van der Waals surface area contributed by atoms with Crippen LogP contribution in [-0.4, -0.2) is 25.0 Å². The van der Waals surface area contributed by atoms with Gasteiger partial charge in [0.2, 0.25) is 5.78 Å². The number of carbonyl (C=O) groups is 2. The van der Waals surface area contributed by atoms with Crippen molar-refractivity contribution < 1.29 is 19.1 Å². The van der Waals surface area contributed by atoms with E-state index in [1.807, 2.05) is 19.1 Å². The standard InChI is InChI=1S/C18H18O4/c1-12-4-6-14(7-5-12)17(19)13(2)22-16-10-8-15(9-11-16)18(20)21-3/h4-11,13H,1-3H3/t13-/m1/s1. The molecule has 22 heavy (non-hydrogen) atoms. The summed E-state index contributed by atoms with van der Waals surface area (Å²) in [4.78, 5) is 23.6. The Balaban J connectivity index is 2.05. The van der Waals surface area contributed by atoms with Crippen molar-refractivity contribution in [3.63, 3.8) is 0 Å². The summed E-state index contributed by atoms with van der Waals surface area (Å²) in [6.07, 6.45) is -0.605. The Morgan fingerprint density at radius 1 is 0.909 bits per heavy atom. The van der Waals surface area contributed by atoms with E-state index in [4.69, 9.17) is 4.74 Å². The van der Waals surface area contributed by atoms with Crippen LogP contribution in [0.4, 0.5) is 0 Å². The Morgan fingerprint density at radius 3 is 2.00 bits per heavy atom. The molecule has 2 aromatic rings. The van der Waals surface area contributed by atoms with Crippen LogP contribution >= 0.6 is 0 Å². The van der Waals surface area contributed by atoms with E-state index in [1.54, 1.807) is 43.3 Å². The van der Waals surface area contributed by atoms with Gasteiger partial charge in [-0.15, -0.1) is 0 Å². The minimum absolute atomic E-state index is 0.0861. The first-order valence-corrected chi connectivity index (χ1v) is 6.97. The smallest absolute Gasteiger partial charge is 0.337 e. The summed E-state index contributed by atoms with van der Waals surface area (Å²) in [5.74, 6) is 0.0352. The van der Waals surface area contributed by atoms with E-state index in [-0.39, 0.29) is 5.78 Å². The predicted octanol–water partition coefficient (Wildman–Crippen LogP) is 3.43. The lowest BCUT2D eigenvalue weighted by Gasteiger charge is -2.14. The van der Waals surface area contributed by atoms with Gasteiger partial charge in [0.05, 0.1) is 12.7 Å². The fourth-order valence-corrected chi connectivity index (χ4v) is 2.00. The number of hydrogen-bond acceptors (Lipinski definition) is 4. The summed E-state index contributed by atoms with van der Waals surface area (Å²) in [5, 5.41) is 0. The molecule has 1 atom stereocenters. The van der Waals surface area contributed by atoms with E-state index in [9.17, 15) is 9.59 Å². The maximum Gasteiger partial charge on any atom is 0.337 e. The summed E-state index contributed by atoms with van der Waals surface area (Å²) < 4.78 is 10.3. The number of Topliss-reactive ketones (excluding diaryl/α,β-unsaturated/α-hetero) is 1. The van der Waals surface area contributed by atoms with Crippen LogP contribution in [0.2, 0.25) is 0 Å². The first kappa shape index (κ1) is 15.8. The highest BCUT2D eigenvalue weighted by molar-refractivity contribution is 5.99. The minimum Gasteiger partial charge on any atom is -0.483 e. The highest BCUT2D eigenvalue weighted by Crippen LogP contribution is 2.16. The van der Waals surface area contributed by atoms with Crippen LogP contribution < -0.4 is 4.74 Å². The molecule has 0 unspecified atom stereocenters. The van der Waals surface area contributed by atoms with Crippen molar-refractivity contribution in [1.29, 1.82) is 0 Å². The molecule has 0 aliphatic heterocycles. The molecule has 4 nitrogen and oxygen atoms in total. The molecule has 114 valence electrons. The molecule has 4 heteroatoms. The lowest BCUT2D eigenvalue weighted by Crippen LogP contribution is -2.23. The number of esters is 1. The van der Waals surface area contributed by atoms with E-state index < -0.39 is 12.1 Å². The molecule has 0 saturated heterocycles. The topological polar surface area (TPSA) is 52.6 Å². The normalized spacial score (nSPS) is 11.6. The van der Waals surface area contributed by atoms with Crippen LogP contribution in [0.25, 0.3) is 0 Å². The zero-order valence-corrected chi connectivity index (χ0v) is 12.8. The van der Waals surface area contributed by atoms with Gasteiger partial charge in [0, 0.05) is 5.56 Å². The molecule has 0 heterocycles. The lowest BCUT2D eigenvalue weighted by atomic mass is 10.1. The maximum absolute atomic E-state index is 12.3. The van der Waals surface area contributed by atoms with Gasteiger partial charge in [-0.25, -0.2) is 4.79 Å². The highest BCUT2D eigenvalue weighted by atomic mass is 16.5. The largest absolute Gasteiger partial charge is 0.483 e. The third-order valence-electron chi connectivity index (χ3n) is 3.29. The number of aryl methyl sites for hydroxylation is 1. The van der Waals surface area contributed by atoms with Gasteiger partial charge < -0.3 is 9.47 Å². The Bertz CT molecular complexity index is 656. The molecular weight excluding hydrogens is 280 g/mol. The van der Waals surface area contributed by atoms with Crippen molar-refractivity contribution in [2.75, 3.05) is 7.11 Å². The van der Waals surface area contributed by atoms with Gasteiger partial charge in [0.15, 0.2) is 6.10 Å². The van der Waals surface area contributed by atoms with Crippen molar-refractivity contribution in [3.05, 3.63) is 65.2 Å². The van der Waals surface area contributed by atoms with Crippen molar-refractivity contribution in [3.8, 4) is 5.75 Å². The van der Waals surface area contributed by atoms with E-state index in [0.29, 0.717) is 16.9 Å². The van der Waals surface area contributed by atoms with Gasteiger partial charge in [-0.05, 0) is 38.1 Å². The number of methoxy groups -OCH3 is 1. The van der Waals surface area contributed by atoms with Gasteiger partial charge >= 0.3 is 5.97 Å². The van der Waals surface area contributed by atoms with Crippen molar-refractivity contribution in [2.45, 2.75) is 20.0 Å². The average molecular weight is 298 g/mol. The number of rotatable bonds is 5. The Morgan fingerprint density at radius 2 is 1.45 bits per heavy atom. The molecule has 0 spiro atoms. The average Bonchev–Trinajstić information content (AvgIpc) is 2.54. The van der Waals surface area contributed by atoms with E-state index in [1.165, 1.54) is 7.11 Å². The molecule has 0 aromatic heterocycles. The number of ketones is 1. The second kappa shape index (κ2) is 6.89. The Hall–Kier alpha value is -2.62. The quantitative estimate of drug-likeness (QED) is 0.627. The van der Waals surface area contributed by atoms with E-state index in [2.05, 4.69) is 4.74 Å². The summed E-state index contributed by atoms with van der Waals surface area (Å²) in [5.41, 5.74) is 2.15. The molecule has 0 radical (unpaired) electrons. The zero-order valence-electron chi connectivity index (χ0n) is 12.8. The van der Waals surface area contributed by atoms with Crippen molar-refractivity contribution >= 4 is 11.8 Å². The third-order valence-corrected chi connectivity index (χ3v) is 3.29. The fraction of sp³-hybridized carbons (Fsp3) is 0.222. The first-order valence-electron chi connectivity index (χ1n) is 6.97.